The highest BCUT2D eigenvalue weighted by Crippen LogP contribution is 2.35. The van der Waals surface area contributed by atoms with Gasteiger partial charge in [0.2, 0.25) is 0 Å². The molecule has 0 saturated heterocycles. The van der Waals surface area contributed by atoms with Gasteiger partial charge in [0.15, 0.2) is 16.6 Å². The van der Waals surface area contributed by atoms with Crippen molar-refractivity contribution in [2.75, 3.05) is 18.5 Å². The van der Waals surface area contributed by atoms with E-state index in [0.717, 1.165) is 11.1 Å². The normalized spacial score (nSPS) is 12.7. The Morgan fingerprint density at radius 3 is 2.87 bits per heavy atom. The number of anilines is 1. The number of ether oxygens (including phenoxy) is 2. The van der Waals surface area contributed by atoms with Crippen LogP contribution >= 0.6 is 11.3 Å². The van der Waals surface area contributed by atoms with Crippen molar-refractivity contribution in [2.24, 2.45) is 0 Å². The number of fused-ring (bicyclic) bond motifs is 2. The molecule has 1 aliphatic rings. The topological polar surface area (TPSA) is 94.8 Å². The summed E-state index contributed by atoms with van der Waals surface area (Å²) < 4.78 is 12.5. The van der Waals surface area contributed by atoms with E-state index in [1.54, 1.807) is 18.3 Å². The lowest BCUT2D eigenvalue weighted by molar-refractivity contribution is 0.102. The summed E-state index contributed by atoms with van der Waals surface area (Å²) in [6.07, 6.45) is 2.90. The highest BCUT2D eigenvalue weighted by Gasteiger charge is 2.17. The van der Waals surface area contributed by atoms with E-state index in [2.05, 4.69) is 15.3 Å². The summed E-state index contributed by atoms with van der Waals surface area (Å²) >= 11 is 1.27. The predicted molar refractivity (Wildman–Crippen MR) is 113 cm³/mol. The van der Waals surface area contributed by atoms with Gasteiger partial charge in [0, 0.05) is 23.3 Å². The van der Waals surface area contributed by atoms with Gasteiger partial charge in [-0.05, 0) is 42.8 Å². The third-order valence-corrected chi connectivity index (χ3v) is 5.43. The molecule has 150 valence electrons. The zero-order valence-electron chi connectivity index (χ0n) is 15.9. The summed E-state index contributed by atoms with van der Waals surface area (Å²) in [5.74, 6) is 0.821. The zero-order valence-corrected chi connectivity index (χ0v) is 16.7. The van der Waals surface area contributed by atoms with Crippen LogP contribution < -0.4 is 20.3 Å². The summed E-state index contributed by atoms with van der Waals surface area (Å²) in [7, 11) is 0. The Bertz CT molecular complexity index is 1340. The van der Waals surface area contributed by atoms with Crippen LogP contribution in [0.25, 0.3) is 16.9 Å². The number of hydrogen-bond donors (Lipinski definition) is 1. The van der Waals surface area contributed by atoms with Crippen molar-refractivity contribution >= 4 is 28.0 Å². The minimum absolute atomic E-state index is 0.0487. The van der Waals surface area contributed by atoms with E-state index in [9.17, 15) is 9.59 Å². The molecule has 5 rings (SSSR count). The summed E-state index contributed by atoms with van der Waals surface area (Å²) in [5, 5.41) is 4.90. The largest absolute Gasteiger partial charge is 0.486 e. The Morgan fingerprint density at radius 1 is 1.17 bits per heavy atom. The molecule has 0 unspecified atom stereocenters. The number of benzene rings is 1. The fraction of sp³-hybridized carbons (Fsp3) is 0.143. The van der Waals surface area contributed by atoms with E-state index in [4.69, 9.17) is 9.47 Å². The fourth-order valence-electron chi connectivity index (χ4n) is 3.16. The number of carbonyl (C=O) groups is 1. The van der Waals surface area contributed by atoms with Crippen molar-refractivity contribution in [1.82, 2.24) is 14.4 Å². The van der Waals surface area contributed by atoms with Crippen molar-refractivity contribution in [2.45, 2.75) is 6.92 Å². The first-order valence-electron chi connectivity index (χ1n) is 9.23. The van der Waals surface area contributed by atoms with E-state index in [-0.39, 0.29) is 5.56 Å². The molecule has 0 saturated carbocycles. The first-order valence-corrected chi connectivity index (χ1v) is 10.1. The Kier molecular flexibility index (Phi) is 4.44. The van der Waals surface area contributed by atoms with Gasteiger partial charge in [0.05, 0.1) is 5.69 Å². The number of rotatable bonds is 3. The molecule has 3 aromatic heterocycles. The van der Waals surface area contributed by atoms with Crippen LogP contribution in [0.15, 0.2) is 52.9 Å². The monoisotopic (exact) mass is 420 g/mol. The molecule has 0 bridgehead atoms. The second-order valence-corrected chi connectivity index (χ2v) is 7.62. The third kappa shape index (κ3) is 3.29. The van der Waals surface area contributed by atoms with E-state index < -0.39 is 11.5 Å². The van der Waals surface area contributed by atoms with Gasteiger partial charge in [-0.2, -0.15) is 0 Å². The Balaban J connectivity index is 1.39. The van der Waals surface area contributed by atoms with E-state index >= 15 is 0 Å². The highest BCUT2D eigenvalue weighted by atomic mass is 32.1. The van der Waals surface area contributed by atoms with Crippen LogP contribution in [0.2, 0.25) is 0 Å². The molecular weight excluding hydrogens is 404 g/mol. The molecule has 1 aliphatic heterocycles. The maximum Gasteiger partial charge on any atom is 0.270 e. The quantitative estimate of drug-likeness (QED) is 0.547. The fourth-order valence-corrected chi connectivity index (χ4v) is 3.88. The standard InChI is InChI=1S/C21H16N4O4S/c1-12-4-5-25-18(8-12)22-10-14(20(25)27)19(26)24-21-23-15(11-30-21)13-2-3-16-17(9-13)29-7-6-28-16/h2-5,8-11H,6-7H2,1H3,(H,23,24,26). The molecule has 1 aromatic carbocycles. The van der Waals surface area contributed by atoms with Crippen molar-refractivity contribution in [1.29, 1.82) is 0 Å². The third-order valence-electron chi connectivity index (χ3n) is 4.67. The molecule has 1 N–H and O–H groups in total. The molecular formula is C21H16N4O4S. The van der Waals surface area contributed by atoms with Crippen LogP contribution in [-0.2, 0) is 0 Å². The summed E-state index contributed by atoms with van der Waals surface area (Å²) in [6, 6.07) is 9.15. The minimum Gasteiger partial charge on any atom is -0.486 e. The van der Waals surface area contributed by atoms with E-state index in [0.29, 0.717) is 41.2 Å². The molecule has 0 radical (unpaired) electrons. The van der Waals surface area contributed by atoms with Crippen molar-refractivity contribution < 1.29 is 14.3 Å². The van der Waals surface area contributed by atoms with Crippen LogP contribution in [0, 0.1) is 6.92 Å². The summed E-state index contributed by atoms with van der Waals surface area (Å²) in [6.45, 7) is 2.95. The lowest BCUT2D eigenvalue weighted by Gasteiger charge is -2.18. The van der Waals surface area contributed by atoms with E-state index in [1.807, 2.05) is 30.5 Å². The van der Waals surface area contributed by atoms with Crippen LogP contribution in [0.5, 0.6) is 11.5 Å². The first kappa shape index (κ1) is 18.3. The number of nitrogens with zero attached hydrogens (tertiary/aromatic N) is 3. The molecule has 8 nitrogen and oxygen atoms in total. The maximum atomic E-state index is 12.7. The van der Waals surface area contributed by atoms with Gasteiger partial charge in [-0.3, -0.25) is 19.3 Å². The lowest BCUT2D eigenvalue weighted by atomic mass is 10.1. The molecule has 0 atom stereocenters. The average molecular weight is 420 g/mol. The number of thiazole rings is 1. The number of pyridine rings is 1. The molecule has 4 aromatic rings. The Morgan fingerprint density at radius 2 is 2.00 bits per heavy atom. The van der Waals surface area contributed by atoms with Crippen LogP contribution in [0.4, 0.5) is 5.13 Å². The number of nitrogens with one attached hydrogen (secondary N) is 1. The molecule has 0 fully saturated rings. The van der Waals surface area contributed by atoms with Crippen LogP contribution in [0.1, 0.15) is 15.9 Å². The molecule has 4 heterocycles. The number of amides is 1. The molecule has 1 amide bonds. The second kappa shape index (κ2) is 7.27. The molecule has 9 heteroatoms. The predicted octanol–water partition coefficient (Wildman–Crippen LogP) is 3.15. The number of carbonyl (C=O) groups excluding carboxylic acids is 1. The van der Waals surface area contributed by atoms with Gasteiger partial charge in [-0.25, -0.2) is 9.97 Å². The van der Waals surface area contributed by atoms with Gasteiger partial charge in [0.25, 0.3) is 11.5 Å². The van der Waals surface area contributed by atoms with Gasteiger partial charge < -0.3 is 9.47 Å². The summed E-state index contributed by atoms with van der Waals surface area (Å²) in [4.78, 5) is 34.0. The van der Waals surface area contributed by atoms with Crippen molar-refractivity contribution in [3.05, 3.63) is 69.6 Å². The molecule has 0 spiro atoms. The Hall–Kier alpha value is -3.72. The van der Waals surface area contributed by atoms with Gasteiger partial charge >= 0.3 is 0 Å². The lowest BCUT2D eigenvalue weighted by Crippen LogP contribution is -2.26. The van der Waals surface area contributed by atoms with Gasteiger partial charge in [-0.1, -0.05) is 0 Å². The highest BCUT2D eigenvalue weighted by molar-refractivity contribution is 7.14. The summed E-state index contributed by atoms with van der Waals surface area (Å²) in [5.41, 5.74) is 2.53. The zero-order chi connectivity index (χ0) is 20.7. The number of aromatic nitrogens is 3. The second-order valence-electron chi connectivity index (χ2n) is 6.76. The van der Waals surface area contributed by atoms with Crippen molar-refractivity contribution in [3.63, 3.8) is 0 Å². The smallest absolute Gasteiger partial charge is 0.270 e. The minimum atomic E-state index is -0.550. The van der Waals surface area contributed by atoms with Crippen LogP contribution in [-0.4, -0.2) is 33.5 Å². The number of aryl methyl sites for hydroxylation is 1. The van der Waals surface area contributed by atoms with Crippen LogP contribution in [0.3, 0.4) is 0 Å². The SMILES string of the molecule is Cc1ccn2c(=O)c(C(=O)Nc3nc(-c4ccc5c(c4)OCCO5)cs3)cnc2c1. The molecule has 0 aliphatic carbocycles. The maximum absolute atomic E-state index is 12.7. The number of hydrogen-bond acceptors (Lipinski definition) is 7. The first-order chi connectivity index (χ1) is 14.6. The van der Waals surface area contributed by atoms with Gasteiger partial charge in [0.1, 0.15) is 24.4 Å². The van der Waals surface area contributed by atoms with E-state index in [1.165, 1.54) is 21.9 Å². The Labute approximate surface area is 174 Å². The molecule has 30 heavy (non-hydrogen) atoms. The average Bonchev–Trinajstić information content (AvgIpc) is 3.22. The van der Waals surface area contributed by atoms with Gasteiger partial charge in [-0.15, -0.1) is 11.3 Å². The van der Waals surface area contributed by atoms with Crippen molar-refractivity contribution in [3.8, 4) is 22.8 Å².